The number of carbonyl (C=O) groups excluding carboxylic acids is 1. The van der Waals surface area contributed by atoms with Crippen molar-refractivity contribution >= 4 is 23.6 Å². The number of thioether (sulfide) groups is 1. The molecule has 3 aromatic rings. The fourth-order valence-corrected chi connectivity index (χ4v) is 3.53. The van der Waals surface area contributed by atoms with Gasteiger partial charge in [-0.15, -0.1) is 10.2 Å². The van der Waals surface area contributed by atoms with E-state index in [1.165, 1.54) is 11.8 Å². The number of hydrogen-bond acceptors (Lipinski definition) is 7. The summed E-state index contributed by atoms with van der Waals surface area (Å²) in [4.78, 5) is 16.4. The van der Waals surface area contributed by atoms with Crippen molar-refractivity contribution in [3.63, 3.8) is 0 Å². The Morgan fingerprint density at radius 1 is 1.29 bits per heavy atom. The molecule has 1 amide bonds. The van der Waals surface area contributed by atoms with E-state index < -0.39 is 0 Å². The maximum atomic E-state index is 12.3. The fraction of sp³-hybridized carbons (Fsp3) is 0.421. The molecule has 0 unspecified atom stereocenters. The molecule has 1 aliphatic carbocycles. The monoisotopic (exact) mass is 398 g/mol. The summed E-state index contributed by atoms with van der Waals surface area (Å²) in [6, 6.07) is 5.99. The normalized spacial score (nSPS) is 14.2. The van der Waals surface area contributed by atoms with Gasteiger partial charge >= 0.3 is 0 Å². The van der Waals surface area contributed by atoms with E-state index in [9.17, 15) is 4.79 Å². The molecule has 0 bridgehead atoms. The fourth-order valence-electron chi connectivity index (χ4n) is 2.73. The van der Waals surface area contributed by atoms with Gasteiger partial charge < -0.3 is 4.52 Å². The zero-order valence-electron chi connectivity index (χ0n) is 16.0. The van der Waals surface area contributed by atoms with Crippen molar-refractivity contribution in [1.29, 1.82) is 0 Å². The molecular weight excluding hydrogens is 376 g/mol. The molecule has 146 valence electrons. The van der Waals surface area contributed by atoms with E-state index in [0.29, 0.717) is 11.9 Å². The Kier molecular flexibility index (Phi) is 4.92. The molecule has 0 aliphatic heterocycles. The van der Waals surface area contributed by atoms with Crippen molar-refractivity contribution in [2.75, 3.05) is 11.1 Å². The number of amides is 1. The number of carbonyl (C=O) groups is 1. The molecule has 3 heterocycles. The number of hydrogen-bond donors (Lipinski definition) is 1. The SMILES string of the molecule is CC(C)(C)c1cc(NC(=O)CSc2nnc(-c3ccncc3)n2C2CC2)on1. The van der Waals surface area contributed by atoms with Crippen LogP contribution in [0.2, 0.25) is 0 Å². The molecule has 0 radical (unpaired) electrons. The molecule has 0 aromatic carbocycles. The Balaban J connectivity index is 1.43. The van der Waals surface area contributed by atoms with E-state index in [1.807, 2.05) is 32.9 Å². The molecule has 1 fully saturated rings. The van der Waals surface area contributed by atoms with Gasteiger partial charge in [0.05, 0.1) is 11.4 Å². The number of pyridine rings is 1. The highest BCUT2D eigenvalue weighted by molar-refractivity contribution is 7.99. The maximum absolute atomic E-state index is 12.3. The van der Waals surface area contributed by atoms with Gasteiger partial charge in [-0.2, -0.15) is 0 Å². The Hall–Kier alpha value is -2.68. The Labute approximate surface area is 167 Å². The zero-order valence-corrected chi connectivity index (χ0v) is 16.9. The largest absolute Gasteiger partial charge is 0.338 e. The van der Waals surface area contributed by atoms with Crippen LogP contribution < -0.4 is 5.32 Å². The van der Waals surface area contributed by atoms with Gasteiger partial charge in [0, 0.05) is 35.5 Å². The summed E-state index contributed by atoms with van der Waals surface area (Å²) in [6.45, 7) is 6.12. The predicted octanol–water partition coefficient (Wildman–Crippen LogP) is 3.69. The third-order valence-electron chi connectivity index (χ3n) is 4.39. The van der Waals surface area contributed by atoms with Crippen molar-refractivity contribution in [3.8, 4) is 11.4 Å². The van der Waals surface area contributed by atoms with E-state index in [2.05, 4.69) is 30.2 Å². The summed E-state index contributed by atoms with van der Waals surface area (Å²) in [5, 5.41) is 16.2. The number of nitrogens with zero attached hydrogens (tertiary/aromatic N) is 5. The van der Waals surface area contributed by atoms with Crippen LogP contribution in [0.15, 0.2) is 40.3 Å². The first-order valence-electron chi connectivity index (χ1n) is 9.17. The number of anilines is 1. The van der Waals surface area contributed by atoms with E-state index in [1.54, 1.807) is 18.5 Å². The summed E-state index contributed by atoms with van der Waals surface area (Å²) in [5.41, 5.74) is 1.64. The Morgan fingerprint density at radius 2 is 2.04 bits per heavy atom. The highest BCUT2D eigenvalue weighted by Gasteiger charge is 2.30. The van der Waals surface area contributed by atoms with Crippen LogP contribution in [0.4, 0.5) is 5.88 Å². The lowest BCUT2D eigenvalue weighted by molar-refractivity contribution is -0.113. The smallest absolute Gasteiger partial charge is 0.237 e. The van der Waals surface area contributed by atoms with E-state index in [-0.39, 0.29) is 17.1 Å². The van der Waals surface area contributed by atoms with Gasteiger partial charge in [-0.3, -0.25) is 19.7 Å². The third-order valence-corrected chi connectivity index (χ3v) is 5.33. The van der Waals surface area contributed by atoms with Gasteiger partial charge in [-0.1, -0.05) is 37.7 Å². The quantitative estimate of drug-likeness (QED) is 0.632. The summed E-state index contributed by atoms with van der Waals surface area (Å²) >= 11 is 1.37. The molecule has 1 N–H and O–H groups in total. The van der Waals surface area contributed by atoms with Crippen molar-refractivity contribution in [2.45, 2.75) is 50.2 Å². The third kappa shape index (κ3) is 4.09. The van der Waals surface area contributed by atoms with Gasteiger partial charge in [-0.05, 0) is 25.0 Å². The topological polar surface area (TPSA) is 98.7 Å². The first kappa shape index (κ1) is 18.7. The first-order chi connectivity index (χ1) is 13.4. The van der Waals surface area contributed by atoms with Crippen LogP contribution in [0, 0.1) is 0 Å². The molecule has 0 spiro atoms. The lowest BCUT2D eigenvalue weighted by Crippen LogP contribution is -2.14. The standard InChI is InChI=1S/C19H22N6O2S/c1-19(2,3)14-10-16(27-24-14)21-15(26)11-28-18-23-22-17(25(18)13-4-5-13)12-6-8-20-9-7-12/h6-10,13H,4-5,11H2,1-3H3,(H,21,26). The Morgan fingerprint density at radius 3 is 2.68 bits per heavy atom. The van der Waals surface area contributed by atoms with E-state index >= 15 is 0 Å². The molecule has 0 atom stereocenters. The highest BCUT2D eigenvalue weighted by atomic mass is 32.2. The van der Waals surface area contributed by atoms with Crippen LogP contribution in [-0.2, 0) is 10.2 Å². The molecular formula is C19H22N6O2S. The second-order valence-corrected chi connectivity index (χ2v) is 8.75. The van der Waals surface area contributed by atoms with Gasteiger partial charge in [0.15, 0.2) is 11.0 Å². The zero-order chi connectivity index (χ0) is 19.7. The maximum Gasteiger partial charge on any atom is 0.237 e. The van der Waals surface area contributed by atoms with Gasteiger partial charge in [0.2, 0.25) is 11.8 Å². The van der Waals surface area contributed by atoms with Crippen LogP contribution in [0.25, 0.3) is 11.4 Å². The molecule has 9 heteroatoms. The van der Waals surface area contributed by atoms with Gasteiger partial charge in [0.1, 0.15) is 0 Å². The summed E-state index contributed by atoms with van der Waals surface area (Å²) in [7, 11) is 0. The van der Waals surface area contributed by atoms with Crippen LogP contribution in [0.3, 0.4) is 0 Å². The van der Waals surface area contributed by atoms with Crippen molar-refractivity contribution in [2.24, 2.45) is 0 Å². The minimum absolute atomic E-state index is 0.134. The lowest BCUT2D eigenvalue weighted by Gasteiger charge is -2.12. The van der Waals surface area contributed by atoms with E-state index in [4.69, 9.17) is 4.52 Å². The van der Waals surface area contributed by atoms with Gasteiger partial charge in [0.25, 0.3) is 0 Å². The van der Waals surface area contributed by atoms with Gasteiger partial charge in [-0.25, -0.2) is 0 Å². The molecule has 28 heavy (non-hydrogen) atoms. The number of rotatable bonds is 6. The first-order valence-corrected chi connectivity index (χ1v) is 10.2. The molecule has 0 saturated heterocycles. The summed E-state index contributed by atoms with van der Waals surface area (Å²) in [5.74, 6) is 1.22. The number of nitrogens with one attached hydrogen (secondary N) is 1. The van der Waals surface area contributed by atoms with Crippen LogP contribution >= 0.6 is 11.8 Å². The van der Waals surface area contributed by atoms with Crippen LogP contribution in [0.1, 0.15) is 45.3 Å². The predicted molar refractivity (Wildman–Crippen MR) is 106 cm³/mol. The molecule has 8 nitrogen and oxygen atoms in total. The molecule has 4 rings (SSSR count). The van der Waals surface area contributed by atoms with Crippen molar-refractivity contribution in [3.05, 3.63) is 36.3 Å². The summed E-state index contributed by atoms with van der Waals surface area (Å²) < 4.78 is 7.34. The number of aromatic nitrogens is 5. The average molecular weight is 398 g/mol. The summed E-state index contributed by atoms with van der Waals surface area (Å²) in [6.07, 6.45) is 5.68. The molecule has 3 aromatic heterocycles. The average Bonchev–Trinajstić information content (AvgIpc) is 3.22. The lowest BCUT2D eigenvalue weighted by atomic mass is 9.92. The minimum Gasteiger partial charge on any atom is -0.338 e. The molecule has 1 aliphatic rings. The second-order valence-electron chi connectivity index (χ2n) is 7.81. The highest BCUT2D eigenvalue weighted by Crippen LogP contribution is 2.41. The molecule has 1 saturated carbocycles. The van der Waals surface area contributed by atoms with Crippen LogP contribution in [-0.4, -0.2) is 36.6 Å². The minimum atomic E-state index is -0.169. The van der Waals surface area contributed by atoms with Crippen LogP contribution in [0.5, 0.6) is 0 Å². The Bertz CT molecular complexity index is 972. The second kappa shape index (κ2) is 7.38. The van der Waals surface area contributed by atoms with Crippen molar-refractivity contribution < 1.29 is 9.32 Å². The van der Waals surface area contributed by atoms with E-state index in [0.717, 1.165) is 35.1 Å². The van der Waals surface area contributed by atoms with Crippen molar-refractivity contribution in [1.82, 2.24) is 24.9 Å².